The van der Waals surface area contributed by atoms with Gasteiger partial charge in [0.15, 0.2) is 0 Å². The smallest absolute Gasteiger partial charge is 0.221 e. The van der Waals surface area contributed by atoms with Gasteiger partial charge in [-0.2, -0.15) is 0 Å². The Bertz CT molecular complexity index is 336. The molecule has 1 nitrogen and oxygen atoms in total. The van der Waals surface area contributed by atoms with E-state index in [0.29, 0.717) is 0 Å². The van der Waals surface area contributed by atoms with Gasteiger partial charge >= 0.3 is 0 Å². The van der Waals surface area contributed by atoms with Crippen molar-refractivity contribution in [3.63, 3.8) is 0 Å². The van der Waals surface area contributed by atoms with Gasteiger partial charge in [0, 0.05) is 0 Å². The molecule has 2 atom stereocenters. The van der Waals surface area contributed by atoms with Crippen LogP contribution in [0.25, 0.3) is 0 Å². The molecule has 1 aliphatic rings. The SMILES string of the molecule is C=CC1CCC[Si](C)(c2ccccc2)O1. The molecule has 0 radical (unpaired) electrons. The van der Waals surface area contributed by atoms with Crippen LogP contribution in [0.3, 0.4) is 0 Å². The molecule has 0 N–H and O–H groups in total. The highest BCUT2D eigenvalue weighted by Gasteiger charge is 2.36. The first kappa shape index (κ1) is 10.6. The lowest BCUT2D eigenvalue weighted by atomic mass is 10.2. The van der Waals surface area contributed by atoms with Crippen LogP contribution in [-0.4, -0.2) is 14.4 Å². The van der Waals surface area contributed by atoms with E-state index in [1.165, 1.54) is 17.7 Å². The predicted octanol–water partition coefficient (Wildman–Crippen LogP) is 2.83. The maximum Gasteiger partial charge on any atom is 0.221 e. The minimum Gasteiger partial charge on any atom is -0.406 e. The van der Waals surface area contributed by atoms with Crippen molar-refractivity contribution in [1.82, 2.24) is 0 Å². The van der Waals surface area contributed by atoms with E-state index in [0.717, 1.165) is 6.42 Å². The summed E-state index contributed by atoms with van der Waals surface area (Å²) in [7, 11) is -1.67. The van der Waals surface area contributed by atoms with Crippen molar-refractivity contribution in [3.8, 4) is 0 Å². The van der Waals surface area contributed by atoms with Crippen molar-refractivity contribution in [2.75, 3.05) is 0 Å². The maximum absolute atomic E-state index is 6.23. The third-order valence-electron chi connectivity index (χ3n) is 3.20. The monoisotopic (exact) mass is 218 g/mol. The lowest BCUT2D eigenvalue weighted by Gasteiger charge is -2.36. The fraction of sp³-hybridized carbons (Fsp3) is 0.385. The van der Waals surface area contributed by atoms with Gasteiger partial charge in [0.1, 0.15) is 0 Å². The molecule has 1 aromatic rings. The Hall–Kier alpha value is -0.863. The first-order valence-corrected chi connectivity index (χ1v) is 8.22. The summed E-state index contributed by atoms with van der Waals surface area (Å²) in [4.78, 5) is 0. The van der Waals surface area contributed by atoms with E-state index >= 15 is 0 Å². The molecular formula is C13H18OSi. The third kappa shape index (κ3) is 2.21. The second kappa shape index (κ2) is 4.33. The number of hydrogen-bond donors (Lipinski definition) is 0. The molecule has 0 saturated carbocycles. The fourth-order valence-electron chi connectivity index (χ4n) is 2.26. The highest BCUT2D eigenvalue weighted by Crippen LogP contribution is 2.26. The second-order valence-corrected chi connectivity index (χ2v) is 8.16. The van der Waals surface area contributed by atoms with E-state index in [9.17, 15) is 0 Å². The highest BCUT2D eigenvalue weighted by molar-refractivity contribution is 6.85. The van der Waals surface area contributed by atoms with Gasteiger partial charge in [0.25, 0.3) is 0 Å². The molecule has 80 valence electrons. The standard InChI is InChI=1S/C13H18OSi/c1-3-12-8-7-11-15(2,14-12)13-9-5-4-6-10-13/h3-6,9-10,12H,1,7-8,11H2,2H3. The predicted molar refractivity (Wildman–Crippen MR) is 66.8 cm³/mol. The van der Waals surface area contributed by atoms with Crippen LogP contribution >= 0.6 is 0 Å². The number of rotatable bonds is 2. The summed E-state index contributed by atoms with van der Waals surface area (Å²) in [6.07, 6.45) is 4.64. The molecule has 1 heterocycles. The summed E-state index contributed by atoms with van der Waals surface area (Å²) in [5.41, 5.74) is 0. The minimum atomic E-state index is -1.67. The highest BCUT2D eigenvalue weighted by atomic mass is 28.4. The van der Waals surface area contributed by atoms with Gasteiger partial charge in [-0.25, -0.2) is 0 Å². The Balaban J connectivity index is 2.22. The molecule has 1 aromatic carbocycles. The molecule has 1 saturated heterocycles. The van der Waals surface area contributed by atoms with E-state index < -0.39 is 8.32 Å². The van der Waals surface area contributed by atoms with Crippen molar-refractivity contribution in [2.45, 2.75) is 31.5 Å². The average molecular weight is 218 g/mol. The molecule has 2 unspecified atom stereocenters. The summed E-state index contributed by atoms with van der Waals surface area (Å²) in [6, 6.07) is 11.9. The zero-order valence-corrected chi connectivity index (χ0v) is 10.3. The van der Waals surface area contributed by atoms with E-state index in [2.05, 4.69) is 43.5 Å². The quantitative estimate of drug-likeness (QED) is 0.548. The lowest BCUT2D eigenvalue weighted by Crippen LogP contribution is -2.52. The van der Waals surface area contributed by atoms with Crippen LogP contribution in [0.15, 0.2) is 43.0 Å². The molecule has 1 fully saturated rings. The van der Waals surface area contributed by atoms with Crippen LogP contribution < -0.4 is 5.19 Å². The molecule has 2 rings (SSSR count). The Labute approximate surface area is 92.9 Å². The summed E-state index contributed by atoms with van der Waals surface area (Å²) in [5.74, 6) is 0. The van der Waals surface area contributed by atoms with Gasteiger partial charge in [0.05, 0.1) is 6.10 Å². The normalized spacial score (nSPS) is 31.1. The second-order valence-electron chi connectivity index (χ2n) is 4.38. The summed E-state index contributed by atoms with van der Waals surface area (Å²) in [6.45, 7) is 6.16. The van der Waals surface area contributed by atoms with Crippen molar-refractivity contribution < 1.29 is 4.43 Å². The van der Waals surface area contributed by atoms with Crippen LogP contribution in [0.2, 0.25) is 12.6 Å². The van der Waals surface area contributed by atoms with Crippen molar-refractivity contribution in [3.05, 3.63) is 43.0 Å². The average Bonchev–Trinajstić information content (AvgIpc) is 2.30. The van der Waals surface area contributed by atoms with E-state index in [-0.39, 0.29) is 6.10 Å². The van der Waals surface area contributed by atoms with Gasteiger partial charge in [-0.05, 0) is 24.2 Å². The van der Waals surface area contributed by atoms with Crippen LogP contribution in [-0.2, 0) is 4.43 Å². The molecule has 15 heavy (non-hydrogen) atoms. The van der Waals surface area contributed by atoms with Crippen LogP contribution in [0.1, 0.15) is 12.8 Å². The van der Waals surface area contributed by atoms with E-state index in [1.807, 2.05) is 6.08 Å². The summed E-state index contributed by atoms with van der Waals surface area (Å²) >= 11 is 0. The largest absolute Gasteiger partial charge is 0.406 e. The van der Waals surface area contributed by atoms with Crippen molar-refractivity contribution in [1.29, 1.82) is 0 Å². The van der Waals surface area contributed by atoms with Gasteiger partial charge in [-0.3, -0.25) is 0 Å². The van der Waals surface area contributed by atoms with Crippen LogP contribution in [0, 0.1) is 0 Å². The van der Waals surface area contributed by atoms with Crippen LogP contribution in [0.5, 0.6) is 0 Å². The van der Waals surface area contributed by atoms with Crippen molar-refractivity contribution >= 4 is 13.5 Å². The van der Waals surface area contributed by atoms with E-state index in [1.54, 1.807) is 0 Å². The Morgan fingerprint density at radius 1 is 1.40 bits per heavy atom. The molecule has 2 heteroatoms. The van der Waals surface area contributed by atoms with Crippen molar-refractivity contribution in [2.24, 2.45) is 0 Å². The zero-order valence-electron chi connectivity index (χ0n) is 9.28. The zero-order chi connectivity index (χ0) is 10.7. The van der Waals surface area contributed by atoms with E-state index in [4.69, 9.17) is 4.43 Å². The fourth-order valence-corrected chi connectivity index (χ4v) is 5.46. The number of hydrogen-bond acceptors (Lipinski definition) is 1. The van der Waals surface area contributed by atoms with Crippen LogP contribution in [0.4, 0.5) is 0 Å². The Morgan fingerprint density at radius 3 is 2.80 bits per heavy atom. The molecule has 0 aliphatic carbocycles. The first-order valence-electron chi connectivity index (χ1n) is 5.60. The first-order chi connectivity index (χ1) is 7.24. The molecular weight excluding hydrogens is 200 g/mol. The molecule has 0 amide bonds. The third-order valence-corrected chi connectivity index (χ3v) is 6.89. The summed E-state index contributed by atoms with van der Waals surface area (Å²) in [5, 5.41) is 1.41. The number of benzene rings is 1. The lowest BCUT2D eigenvalue weighted by molar-refractivity contribution is 0.209. The summed E-state index contributed by atoms with van der Waals surface area (Å²) < 4.78 is 6.23. The Kier molecular flexibility index (Phi) is 3.07. The maximum atomic E-state index is 6.23. The van der Waals surface area contributed by atoms with Gasteiger partial charge in [0.2, 0.25) is 8.32 Å². The molecule has 0 spiro atoms. The molecule has 0 bridgehead atoms. The van der Waals surface area contributed by atoms with Gasteiger partial charge in [-0.15, -0.1) is 6.58 Å². The topological polar surface area (TPSA) is 9.23 Å². The minimum absolute atomic E-state index is 0.274. The van der Waals surface area contributed by atoms with Gasteiger partial charge in [-0.1, -0.05) is 42.8 Å². The molecule has 1 aliphatic heterocycles. The molecule has 0 aromatic heterocycles. The Morgan fingerprint density at radius 2 is 2.13 bits per heavy atom. The van der Waals surface area contributed by atoms with Gasteiger partial charge < -0.3 is 4.43 Å².